The molecule has 0 amide bonds. The molecule has 2 aromatic rings. The second-order valence-corrected chi connectivity index (χ2v) is 7.94. The molecule has 0 saturated carbocycles. The molecule has 2 aromatic carbocycles. The van der Waals surface area contributed by atoms with Crippen LogP contribution >= 0.6 is 0 Å². The zero-order valence-electron chi connectivity index (χ0n) is 15.1. The van der Waals surface area contributed by atoms with Gasteiger partial charge in [0.2, 0.25) is 10.0 Å². The number of hydrogen-bond donors (Lipinski definition) is 1. The van der Waals surface area contributed by atoms with E-state index in [4.69, 9.17) is 0 Å². The zero-order valence-corrected chi connectivity index (χ0v) is 15.9. The van der Waals surface area contributed by atoms with Crippen molar-refractivity contribution in [2.24, 2.45) is 0 Å². The molecule has 148 valence electrons. The van der Waals surface area contributed by atoms with Gasteiger partial charge in [0, 0.05) is 25.3 Å². The predicted octanol–water partition coefficient (Wildman–Crippen LogP) is 3.91. The van der Waals surface area contributed by atoms with Gasteiger partial charge in [0.05, 0.1) is 4.90 Å². The van der Waals surface area contributed by atoms with E-state index in [0.29, 0.717) is 0 Å². The van der Waals surface area contributed by atoms with Gasteiger partial charge in [-0.1, -0.05) is 18.2 Å². The van der Waals surface area contributed by atoms with Crippen molar-refractivity contribution in [3.05, 3.63) is 54.1 Å². The lowest BCUT2D eigenvalue weighted by atomic mass is 10.1. The molecule has 0 spiro atoms. The molecular formula is C18H21F3N2O3S. The summed E-state index contributed by atoms with van der Waals surface area (Å²) in [6.07, 6.45) is -4.83. The van der Waals surface area contributed by atoms with Crippen LogP contribution in [0.15, 0.2) is 53.4 Å². The average molecular weight is 402 g/mol. The van der Waals surface area contributed by atoms with Gasteiger partial charge in [-0.3, -0.25) is 0 Å². The Bertz CT molecular complexity index is 866. The maximum Gasteiger partial charge on any atom is 0.573 e. The number of alkyl halides is 3. The maximum atomic E-state index is 12.4. The van der Waals surface area contributed by atoms with Gasteiger partial charge < -0.3 is 9.64 Å². The fraction of sp³-hybridized carbons (Fsp3) is 0.333. The number of anilines is 1. The molecule has 0 aliphatic rings. The predicted molar refractivity (Wildman–Crippen MR) is 97.1 cm³/mol. The fourth-order valence-electron chi connectivity index (χ4n) is 2.36. The summed E-state index contributed by atoms with van der Waals surface area (Å²) in [5, 5.41) is 0. The number of rotatable bonds is 7. The third kappa shape index (κ3) is 5.86. The lowest BCUT2D eigenvalue weighted by Gasteiger charge is -2.26. The Labute approximate surface area is 156 Å². The number of para-hydroxylation sites is 1. The van der Waals surface area contributed by atoms with Crippen LogP contribution in [-0.2, 0) is 16.6 Å². The van der Waals surface area contributed by atoms with Crippen LogP contribution in [0.25, 0.3) is 0 Å². The second-order valence-electron chi connectivity index (χ2n) is 6.18. The standard InChI is InChI=1S/C18H21F3N2O3S/c1-13(2)23(3)17-7-5-4-6-14(17)12-22-27(24,25)16-10-8-15(9-11-16)26-18(19,20)21/h4-11,13,22H,12H2,1-3H3. The summed E-state index contributed by atoms with van der Waals surface area (Å²) in [6, 6.07) is 11.7. The smallest absolute Gasteiger partial charge is 0.406 e. The molecule has 2 rings (SSSR count). The van der Waals surface area contributed by atoms with Crippen LogP contribution in [0.1, 0.15) is 19.4 Å². The van der Waals surface area contributed by atoms with Crippen molar-refractivity contribution >= 4 is 15.7 Å². The minimum absolute atomic E-state index is 0.0520. The molecule has 0 atom stereocenters. The van der Waals surface area contributed by atoms with Crippen LogP contribution in [0.2, 0.25) is 0 Å². The monoisotopic (exact) mass is 402 g/mol. The van der Waals surface area contributed by atoms with E-state index < -0.39 is 22.1 Å². The number of halogens is 3. The van der Waals surface area contributed by atoms with Gasteiger partial charge in [-0.15, -0.1) is 13.2 Å². The topological polar surface area (TPSA) is 58.6 Å². The van der Waals surface area contributed by atoms with E-state index in [0.717, 1.165) is 35.5 Å². The van der Waals surface area contributed by atoms with Crippen LogP contribution in [0, 0.1) is 0 Å². The molecule has 0 fully saturated rings. The minimum atomic E-state index is -4.83. The molecule has 5 nitrogen and oxygen atoms in total. The van der Waals surface area contributed by atoms with Crippen LogP contribution < -0.4 is 14.4 Å². The average Bonchev–Trinajstić information content (AvgIpc) is 2.58. The lowest BCUT2D eigenvalue weighted by molar-refractivity contribution is -0.274. The van der Waals surface area contributed by atoms with Gasteiger partial charge in [-0.2, -0.15) is 0 Å². The Kier molecular flexibility index (Phi) is 6.38. The lowest BCUT2D eigenvalue weighted by Crippen LogP contribution is -2.29. The van der Waals surface area contributed by atoms with E-state index in [2.05, 4.69) is 9.46 Å². The maximum absolute atomic E-state index is 12.4. The first-order valence-electron chi connectivity index (χ1n) is 8.16. The molecule has 0 bridgehead atoms. The molecule has 0 aromatic heterocycles. The number of nitrogens with one attached hydrogen (secondary N) is 1. The molecule has 0 heterocycles. The van der Waals surface area contributed by atoms with Crippen LogP contribution in [-0.4, -0.2) is 27.9 Å². The summed E-state index contributed by atoms with van der Waals surface area (Å²) in [5.41, 5.74) is 1.68. The minimum Gasteiger partial charge on any atom is -0.406 e. The zero-order chi connectivity index (χ0) is 20.2. The Hall–Kier alpha value is -2.26. The van der Waals surface area contributed by atoms with Crippen molar-refractivity contribution in [2.45, 2.75) is 37.7 Å². The summed E-state index contributed by atoms with van der Waals surface area (Å²) < 4.78 is 67.6. The number of nitrogens with zero attached hydrogens (tertiary/aromatic N) is 1. The van der Waals surface area contributed by atoms with Gasteiger partial charge in [-0.05, 0) is 49.7 Å². The first-order chi connectivity index (χ1) is 12.5. The van der Waals surface area contributed by atoms with Gasteiger partial charge in [0.25, 0.3) is 0 Å². The van der Waals surface area contributed by atoms with Gasteiger partial charge in [0.15, 0.2) is 0 Å². The molecule has 9 heteroatoms. The normalized spacial score (nSPS) is 12.3. The number of benzene rings is 2. The molecule has 0 unspecified atom stereocenters. The van der Waals surface area contributed by atoms with Gasteiger partial charge >= 0.3 is 6.36 Å². The third-order valence-electron chi connectivity index (χ3n) is 3.97. The van der Waals surface area contributed by atoms with Crippen LogP contribution in [0.5, 0.6) is 5.75 Å². The number of ether oxygens (including phenoxy) is 1. The second kappa shape index (κ2) is 8.18. The quantitative estimate of drug-likeness (QED) is 0.763. The van der Waals surface area contributed by atoms with Crippen molar-refractivity contribution in [2.75, 3.05) is 11.9 Å². The largest absolute Gasteiger partial charge is 0.573 e. The van der Waals surface area contributed by atoms with E-state index in [-0.39, 0.29) is 17.5 Å². The van der Waals surface area contributed by atoms with Gasteiger partial charge in [0.1, 0.15) is 5.75 Å². The highest BCUT2D eigenvalue weighted by Gasteiger charge is 2.31. The molecule has 27 heavy (non-hydrogen) atoms. The van der Waals surface area contributed by atoms with Crippen LogP contribution in [0.4, 0.5) is 18.9 Å². The highest BCUT2D eigenvalue weighted by molar-refractivity contribution is 7.89. The molecule has 0 aliphatic carbocycles. The van der Waals surface area contributed by atoms with E-state index in [1.807, 2.05) is 50.1 Å². The SMILES string of the molecule is CC(C)N(C)c1ccccc1CNS(=O)(=O)c1ccc(OC(F)(F)F)cc1. The van der Waals surface area contributed by atoms with E-state index in [1.54, 1.807) is 0 Å². The van der Waals surface area contributed by atoms with Crippen molar-refractivity contribution in [1.82, 2.24) is 4.72 Å². The summed E-state index contributed by atoms with van der Waals surface area (Å²) in [7, 11) is -1.97. The first-order valence-corrected chi connectivity index (χ1v) is 9.64. The van der Waals surface area contributed by atoms with Crippen molar-refractivity contribution in [1.29, 1.82) is 0 Å². The Morgan fingerprint density at radius 1 is 1.07 bits per heavy atom. The molecular weight excluding hydrogens is 381 g/mol. The summed E-state index contributed by atoms with van der Waals surface area (Å²) >= 11 is 0. The van der Waals surface area contributed by atoms with Crippen LogP contribution in [0.3, 0.4) is 0 Å². The first kappa shape index (κ1) is 21.0. The molecule has 1 N–H and O–H groups in total. The van der Waals surface area contributed by atoms with Crippen molar-refractivity contribution in [3.63, 3.8) is 0 Å². The summed E-state index contributed by atoms with van der Waals surface area (Å²) in [5.74, 6) is -0.481. The van der Waals surface area contributed by atoms with E-state index >= 15 is 0 Å². The molecule has 0 radical (unpaired) electrons. The van der Waals surface area contributed by atoms with E-state index in [1.165, 1.54) is 0 Å². The third-order valence-corrected chi connectivity index (χ3v) is 5.38. The number of sulfonamides is 1. The fourth-order valence-corrected chi connectivity index (χ4v) is 3.37. The Morgan fingerprint density at radius 3 is 2.22 bits per heavy atom. The summed E-state index contributed by atoms with van der Waals surface area (Å²) in [4.78, 5) is 1.87. The molecule has 0 saturated heterocycles. The summed E-state index contributed by atoms with van der Waals surface area (Å²) in [6.45, 7) is 4.09. The van der Waals surface area contributed by atoms with Crippen molar-refractivity contribution in [3.8, 4) is 5.75 Å². The highest BCUT2D eigenvalue weighted by Crippen LogP contribution is 2.25. The highest BCUT2D eigenvalue weighted by atomic mass is 32.2. The number of hydrogen-bond acceptors (Lipinski definition) is 4. The Balaban J connectivity index is 2.14. The Morgan fingerprint density at radius 2 is 1.67 bits per heavy atom. The van der Waals surface area contributed by atoms with Gasteiger partial charge in [-0.25, -0.2) is 13.1 Å². The van der Waals surface area contributed by atoms with E-state index in [9.17, 15) is 21.6 Å². The van der Waals surface area contributed by atoms with Crippen molar-refractivity contribution < 1.29 is 26.3 Å². The molecule has 0 aliphatic heterocycles.